The number of rotatable bonds is 3. The number of anilines is 1. The normalized spacial score (nSPS) is 15.7. The Balaban J connectivity index is 0.00000274. The first-order chi connectivity index (χ1) is 15.7. The Hall–Kier alpha value is -3.60. The number of fused-ring (bicyclic) bond motifs is 1. The molecule has 0 spiro atoms. The second-order valence-corrected chi connectivity index (χ2v) is 7.90. The maximum absolute atomic E-state index is 13.5. The van der Waals surface area contributed by atoms with Crippen molar-refractivity contribution in [3.8, 4) is 22.7 Å². The molecule has 1 aliphatic rings. The molecular formula is C23H20F3N5O2S. The van der Waals surface area contributed by atoms with Crippen LogP contribution in [0.15, 0.2) is 59.4 Å². The highest BCUT2D eigenvalue weighted by Crippen LogP contribution is 2.37. The number of alkyl halides is 3. The number of amides is 1. The highest BCUT2D eigenvalue weighted by molar-refractivity contribution is 7.59. The molecule has 176 valence electrons. The van der Waals surface area contributed by atoms with Gasteiger partial charge in [-0.2, -0.15) is 31.8 Å². The number of benzene rings is 1. The topological polar surface area (TPSA) is 77.1 Å². The van der Waals surface area contributed by atoms with Crippen molar-refractivity contribution in [1.82, 2.24) is 19.9 Å². The second-order valence-electron chi connectivity index (χ2n) is 7.90. The van der Waals surface area contributed by atoms with Crippen molar-refractivity contribution < 1.29 is 22.5 Å². The average Bonchev–Trinajstić information content (AvgIpc) is 3.43. The van der Waals surface area contributed by atoms with E-state index in [2.05, 4.69) is 15.2 Å². The minimum Gasteiger partial charge on any atom is -0.354 e. The summed E-state index contributed by atoms with van der Waals surface area (Å²) in [5, 5.41) is 8.45. The van der Waals surface area contributed by atoms with Gasteiger partial charge in [0.2, 0.25) is 0 Å². The van der Waals surface area contributed by atoms with Gasteiger partial charge in [0.1, 0.15) is 17.1 Å². The van der Waals surface area contributed by atoms with Gasteiger partial charge in [0.05, 0.1) is 23.4 Å². The molecule has 7 nitrogen and oxygen atoms in total. The smallest absolute Gasteiger partial charge is 0.354 e. The van der Waals surface area contributed by atoms with E-state index in [1.54, 1.807) is 35.3 Å². The van der Waals surface area contributed by atoms with Crippen LogP contribution in [0.2, 0.25) is 0 Å². The molecule has 11 heteroatoms. The third-order valence-corrected chi connectivity index (χ3v) is 5.64. The fourth-order valence-electron chi connectivity index (χ4n) is 4.04. The minimum atomic E-state index is -4.45. The zero-order chi connectivity index (χ0) is 23.3. The van der Waals surface area contributed by atoms with E-state index in [-0.39, 0.29) is 37.6 Å². The number of hydrogen-bond donors (Lipinski definition) is 0. The van der Waals surface area contributed by atoms with Gasteiger partial charge in [-0.25, -0.2) is 0 Å². The van der Waals surface area contributed by atoms with Crippen LogP contribution in [-0.4, -0.2) is 32.4 Å². The van der Waals surface area contributed by atoms with Crippen molar-refractivity contribution in [1.29, 1.82) is 0 Å². The molecule has 0 unspecified atom stereocenters. The quantitative estimate of drug-likeness (QED) is 0.394. The summed E-state index contributed by atoms with van der Waals surface area (Å²) in [4.78, 5) is 19.2. The molecule has 0 radical (unpaired) electrons. The molecule has 34 heavy (non-hydrogen) atoms. The summed E-state index contributed by atoms with van der Waals surface area (Å²) in [6.07, 6.45) is -1.27. The molecule has 1 aliphatic heterocycles. The second kappa shape index (κ2) is 8.64. The van der Waals surface area contributed by atoms with Gasteiger partial charge in [0.25, 0.3) is 5.91 Å². The summed E-state index contributed by atoms with van der Waals surface area (Å²) in [6, 6.07) is 10.6. The lowest BCUT2D eigenvalue weighted by atomic mass is 10.0. The molecule has 4 aromatic rings. The standard InChI is InChI=1S/C23H18F3N5O2.H2S/c1-13-9-15(6-7-17(13)23(24,25)26)30-12-14(2)31-21(22(30)32)16(11-28-31)19-10-20(33-29-19)18-5-3-4-8-27-18;/h3-11,14H,12H2,1-2H3;1H2/t14-;/m0./s1. The van der Waals surface area contributed by atoms with Crippen LogP contribution in [0.25, 0.3) is 22.7 Å². The maximum Gasteiger partial charge on any atom is 0.416 e. The Labute approximate surface area is 199 Å². The van der Waals surface area contributed by atoms with Crippen molar-refractivity contribution in [2.45, 2.75) is 26.1 Å². The van der Waals surface area contributed by atoms with Gasteiger partial charge < -0.3 is 9.42 Å². The monoisotopic (exact) mass is 487 g/mol. The lowest BCUT2D eigenvalue weighted by Gasteiger charge is -2.32. The Bertz CT molecular complexity index is 1350. The fourth-order valence-corrected chi connectivity index (χ4v) is 4.04. The molecule has 4 heterocycles. The van der Waals surface area contributed by atoms with E-state index in [4.69, 9.17) is 4.52 Å². The molecule has 0 saturated heterocycles. The third kappa shape index (κ3) is 3.96. The summed E-state index contributed by atoms with van der Waals surface area (Å²) >= 11 is 0. The number of pyridine rings is 1. The minimum absolute atomic E-state index is 0. The van der Waals surface area contributed by atoms with Gasteiger partial charge >= 0.3 is 6.18 Å². The Morgan fingerprint density at radius 2 is 1.91 bits per heavy atom. The zero-order valence-corrected chi connectivity index (χ0v) is 19.2. The summed E-state index contributed by atoms with van der Waals surface area (Å²) in [5.74, 6) is 0.0687. The number of nitrogens with zero attached hydrogens (tertiary/aromatic N) is 5. The van der Waals surface area contributed by atoms with E-state index in [1.165, 1.54) is 24.0 Å². The summed E-state index contributed by atoms with van der Waals surface area (Å²) in [5.41, 5.74) is 1.51. The van der Waals surface area contributed by atoms with Crippen molar-refractivity contribution in [2.75, 3.05) is 11.4 Å². The van der Waals surface area contributed by atoms with Gasteiger partial charge in [0.15, 0.2) is 5.76 Å². The van der Waals surface area contributed by atoms with E-state index in [0.29, 0.717) is 34.1 Å². The lowest BCUT2D eigenvalue weighted by Crippen LogP contribution is -2.42. The predicted molar refractivity (Wildman–Crippen MR) is 124 cm³/mol. The van der Waals surface area contributed by atoms with Crippen LogP contribution >= 0.6 is 13.5 Å². The van der Waals surface area contributed by atoms with E-state index >= 15 is 0 Å². The molecule has 0 aliphatic carbocycles. The van der Waals surface area contributed by atoms with Gasteiger partial charge in [-0.05, 0) is 49.7 Å². The average molecular weight is 488 g/mol. The van der Waals surface area contributed by atoms with Gasteiger partial charge in [0, 0.05) is 24.5 Å². The van der Waals surface area contributed by atoms with Gasteiger partial charge in [-0.3, -0.25) is 14.5 Å². The Morgan fingerprint density at radius 1 is 1.12 bits per heavy atom. The highest BCUT2D eigenvalue weighted by atomic mass is 32.1. The summed E-state index contributed by atoms with van der Waals surface area (Å²) < 4.78 is 46.5. The fraction of sp³-hybridized carbons (Fsp3) is 0.217. The van der Waals surface area contributed by atoms with Crippen LogP contribution in [0.5, 0.6) is 0 Å². The molecule has 0 N–H and O–H groups in total. The molecule has 5 rings (SSSR count). The molecule has 3 aromatic heterocycles. The molecule has 0 fully saturated rings. The molecule has 0 bridgehead atoms. The Kier molecular flexibility index (Phi) is 5.98. The van der Waals surface area contributed by atoms with Crippen molar-refractivity contribution in [2.24, 2.45) is 0 Å². The molecular weight excluding hydrogens is 467 g/mol. The molecule has 1 aromatic carbocycles. The number of carbonyl (C=O) groups excluding carboxylic acids is 1. The van der Waals surface area contributed by atoms with Crippen LogP contribution in [0.1, 0.15) is 34.6 Å². The van der Waals surface area contributed by atoms with E-state index in [0.717, 1.165) is 6.07 Å². The number of hydrogen-bond acceptors (Lipinski definition) is 5. The zero-order valence-electron chi connectivity index (χ0n) is 18.2. The van der Waals surface area contributed by atoms with Crippen LogP contribution in [0.3, 0.4) is 0 Å². The number of aryl methyl sites for hydroxylation is 1. The number of carbonyl (C=O) groups is 1. The SMILES string of the molecule is Cc1cc(N2C[C@H](C)n3ncc(-c4cc(-c5ccccn5)on4)c3C2=O)ccc1C(F)(F)F.S. The lowest BCUT2D eigenvalue weighted by molar-refractivity contribution is -0.138. The number of aromatic nitrogens is 4. The molecule has 0 saturated carbocycles. The summed E-state index contributed by atoms with van der Waals surface area (Å²) in [7, 11) is 0. The van der Waals surface area contributed by atoms with E-state index in [9.17, 15) is 18.0 Å². The summed E-state index contributed by atoms with van der Waals surface area (Å²) in [6.45, 7) is 3.54. The third-order valence-electron chi connectivity index (χ3n) is 5.64. The van der Waals surface area contributed by atoms with Crippen LogP contribution in [-0.2, 0) is 6.18 Å². The first-order valence-corrected chi connectivity index (χ1v) is 10.2. The van der Waals surface area contributed by atoms with Crippen LogP contribution < -0.4 is 4.90 Å². The largest absolute Gasteiger partial charge is 0.416 e. The first kappa shape index (κ1) is 23.6. The first-order valence-electron chi connectivity index (χ1n) is 10.2. The van der Waals surface area contributed by atoms with Crippen LogP contribution in [0, 0.1) is 6.92 Å². The van der Waals surface area contributed by atoms with Crippen molar-refractivity contribution >= 4 is 25.1 Å². The van der Waals surface area contributed by atoms with Gasteiger partial charge in [-0.1, -0.05) is 11.2 Å². The molecule has 1 amide bonds. The predicted octanol–water partition coefficient (Wildman–Crippen LogP) is 5.26. The van der Waals surface area contributed by atoms with Crippen molar-refractivity contribution in [3.05, 3.63) is 71.7 Å². The molecule has 1 atom stereocenters. The maximum atomic E-state index is 13.5. The highest BCUT2D eigenvalue weighted by Gasteiger charge is 2.36. The van der Waals surface area contributed by atoms with E-state index < -0.39 is 11.7 Å². The number of halogens is 3. The van der Waals surface area contributed by atoms with Crippen LogP contribution in [0.4, 0.5) is 18.9 Å². The van der Waals surface area contributed by atoms with E-state index in [1.807, 2.05) is 13.0 Å². The van der Waals surface area contributed by atoms with Crippen molar-refractivity contribution in [3.63, 3.8) is 0 Å². The Morgan fingerprint density at radius 3 is 2.59 bits per heavy atom. The van der Waals surface area contributed by atoms with Gasteiger partial charge in [-0.15, -0.1) is 0 Å².